The minimum absolute atomic E-state index is 0.0107. The number of aliphatic hydroxyl groups excluding tert-OH is 6. The monoisotopic (exact) mass is 939 g/mol. The number of carbonyl (C=O) groups is 3. The zero-order valence-corrected chi connectivity index (χ0v) is 29.7. The van der Waals surface area contributed by atoms with E-state index in [-0.39, 0.29) is 56.1 Å². The Labute approximate surface area is 284 Å². The first-order valence-corrected chi connectivity index (χ1v) is 15.8. The number of nitrogens with zero attached hydrogens (tertiary/aromatic N) is 3. The first kappa shape index (κ1) is 39.5. The van der Waals surface area contributed by atoms with Crippen LogP contribution >= 0.6 is 67.8 Å². The fourth-order valence-electron chi connectivity index (χ4n) is 3.21. The summed E-state index contributed by atoms with van der Waals surface area (Å²) in [5, 5.41) is 59.4. The maximum Gasteiger partial charge on any atom is 0.247 e. The molecular formula is C24H36I3N3O12. The van der Waals surface area contributed by atoms with Crippen molar-refractivity contribution < 1.29 is 59.5 Å². The molecule has 0 saturated carbocycles. The second-order valence-electron chi connectivity index (χ2n) is 8.80. The van der Waals surface area contributed by atoms with Crippen LogP contribution in [0.4, 0.5) is 17.1 Å². The number of rotatable bonds is 18. The predicted molar refractivity (Wildman–Crippen MR) is 175 cm³/mol. The molecule has 3 unspecified atom stereocenters. The van der Waals surface area contributed by atoms with E-state index in [1.165, 1.54) is 20.8 Å². The Morgan fingerprint density at radius 1 is 0.571 bits per heavy atom. The Balaban J connectivity index is 3.88. The van der Waals surface area contributed by atoms with Gasteiger partial charge in [0.2, 0.25) is 17.7 Å². The van der Waals surface area contributed by atoms with Crippen LogP contribution in [-0.2, 0) is 28.9 Å². The quantitative estimate of drug-likeness (QED) is 0.0883. The lowest BCUT2D eigenvalue weighted by molar-refractivity contribution is -0.124. The number of hydrogen-bond donors (Lipinski definition) is 6. The molecule has 0 heterocycles. The summed E-state index contributed by atoms with van der Waals surface area (Å²) in [6.45, 7) is 1.59. The van der Waals surface area contributed by atoms with E-state index in [1.54, 1.807) is 0 Å². The summed E-state index contributed by atoms with van der Waals surface area (Å²) in [6, 6.07) is 0. The van der Waals surface area contributed by atoms with E-state index < -0.39 is 55.9 Å². The van der Waals surface area contributed by atoms with Crippen molar-refractivity contribution in [2.45, 2.75) is 58.3 Å². The van der Waals surface area contributed by atoms with Crippen LogP contribution in [0.3, 0.4) is 0 Å². The summed E-state index contributed by atoms with van der Waals surface area (Å²) < 4.78 is 0.875. The van der Waals surface area contributed by atoms with E-state index in [0.717, 1.165) is 15.2 Å². The molecule has 0 aliphatic heterocycles. The number of aliphatic hydroxyl groups is 6. The van der Waals surface area contributed by atoms with Crippen molar-refractivity contribution in [2.75, 3.05) is 54.8 Å². The fraction of sp³-hybridized carbons (Fsp3) is 0.625. The largest absolute Gasteiger partial charge is 0.394 e. The molecule has 15 nitrogen and oxygen atoms in total. The SMILES string of the molecule is CC(=O)N(OCCC(O)CO)c1c(I)c(N(OCCC(O)CO)C(C)=O)c(I)c(N(OCCC(O)CO)C(C)=O)c1I. The lowest BCUT2D eigenvalue weighted by Crippen LogP contribution is -2.37. The number of anilines is 3. The molecule has 240 valence electrons. The molecule has 1 aromatic carbocycles. The van der Waals surface area contributed by atoms with Crippen LogP contribution in [0.25, 0.3) is 0 Å². The Kier molecular flexibility index (Phi) is 18.6. The van der Waals surface area contributed by atoms with Gasteiger partial charge >= 0.3 is 0 Å². The number of benzene rings is 1. The molecule has 42 heavy (non-hydrogen) atoms. The van der Waals surface area contributed by atoms with Gasteiger partial charge in [0.05, 0.1) is 68.7 Å². The van der Waals surface area contributed by atoms with Crippen LogP contribution in [0, 0.1) is 10.7 Å². The first-order valence-electron chi connectivity index (χ1n) is 12.6. The van der Waals surface area contributed by atoms with E-state index >= 15 is 0 Å². The highest BCUT2D eigenvalue weighted by molar-refractivity contribution is 14.1. The van der Waals surface area contributed by atoms with Crippen molar-refractivity contribution >= 4 is 103 Å². The number of carbonyl (C=O) groups excluding carboxylic acids is 3. The second-order valence-corrected chi connectivity index (χ2v) is 12.0. The predicted octanol–water partition coefficient (Wildman–Crippen LogP) is 0.584. The third-order valence-corrected chi connectivity index (χ3v) is 8.43. The van der Waals surface area contributed by atoms with Gasteiger partial charge in [-0.05, 0) is 67.8 Å². The maximum atomic E-state index is 12.8. The molecule has 0 fully saturated rings. The summed E-state index contributed by atoms with van der Waals surface area (Å²) in [5.41, 5.74) is 0.342. The van der Waals surface area contributed by atoms with Gasteiger partial charge in [-0.15, -0.1) is 0 Å². The zero-order valence-electron chi connectivity index (χ0n) is 23.2. The van der Waals surface area contributed by atoms with Gasteiger partial charge in [-0.1, -0.05) is 0 Å². The summed E-state index contributed by atoms with van der Waals surface area (Å²) in [5.74, 6) is -1.78. The molecule has 6 N–H and O–H groups in total. The second kappa shape index (κ2) is 19.8. The van der Waals surface area contributed by atoms with Gasteiger partial charge in [0.25, 0.3) is 0 Å². The highest BCUT2D eigenvalue weighted by Crippen LogP contribution is 2.47. The number of amides is 3. The van der Waals surface area contributed by atoms with Crippen LogP contribution in [0.5, 0.6) is 0 Å². The lowest BCUT2D eigenvalue weighted by atomic mass is 10.2. The summed E-state index contributed by atoms with van der Waals surface area (Å²) >= 11 is 5.68. The Hall–Kier alpha value is -0.540. The molecule has 0 spiro atoms. The molecule has 1 rings (SSSR count). The van der Waals surface area contributed by atoms with Crippen LogP contribution in [0.1, 0.15) is 40.0 Å². The number of halogens is 3. The van der Waals surface area contributed by atoms with Crippen molar-refractivity contribution in [3.63, 3.8) is 0 Å². The smallest absolute Gasteiger partial charge is 0.247 e. The fourth-order valence-corrected chi connectivity index (χ4v) is 7.69. The van der Waals surface area contributed by atoms with E-state index in [2.05, 4.69) is 0 Å². The summed E-state index contributed by atoms with van der Waals surface area (Å²) in [4.78, 5) is 55.6. The van der Waals surface area contributed by atoms with Gasteiger partial charge in [0.1, 0.15) is 17.1 Å². The van der Waals surface area contributed by atoms with Crippen molar-refractivity contribution in [3.05, 3.63) is 10.7 Å². The summed E-state index contributed by atoms with van der Waals surface area (Å²) in [7, 11) is 0. The van der Waals surface area contributed by atoms with Gasteiger partial charge in [0, 0.05) is 40.0 Å². The van der Waals surface area contributed by atoms with Gasteiger partial charge in [-0.25, -0.2) is 0 Å². The normalized spacial score (nSPS) is 13.4. The third kappa shape index (κ3) is 11.4. The van der Waals surface area contributed by atoms with Crippen molar-refractivity contribution in [3.8, 4) is 0 Å². The lowest BCUT2D eigenvalue weighted by Gasteiger charge is -2.32. The Morgan fingerprint density at radius 2 is 0.786 bits per heavy atom. The summed E-state index contributed by atoms with van der Waals surface area (Å²) in [6.07, 6.45) is -3.31. The van der Waals surface area contributed by atoms with Gasteiger partial charge in [-0.2, -0.15) is 15.2 Å². The van der Waals surface area contributed by atoms with E-state index in [4.69, 9.17) is 29.8 Å². The van der Waals surface area contributed by atoms with Gasteiger partial charge < -0.3 is 30.6 Å². The average Bonchev–Trinajstić information content (AvgIpc) is 2.93. The van der Waals surface area contributed by atoms with Gasteiger partial charge in [0.15, 0.2) is 0 Å². The number of hydroxylamine groups is 3. The molecule has 18 heteroatoms. The minimum Gasteiger partial charge on any atom is -0.394 e. The third-order valence-electron chi connectivity index (χ3n) is 5.36. The standard InChI is InChI=1S/C24H36I3N3O12/c1-13(34)28(40-7-4-16(37)10-31)22-19(25)23(29(14(2)35)41-8-5-17(38)11-32)21(27)24(20(22)26)30(15(3)36)42-9-6-18(39)12-33/h16-18,31-33,37-39H,4-12H2,1-3H3. The zero-order chi connectivity index (χ0) is 32.1. The molecule has 0 saturated heterocycles. The number of hydrogen-bond acceptors (Lipinski definition) is 12. The van der Waals surface area contributed by atoms with Crippen LogP contribution < -0.4 is 15.2 Å². The van der Waals surface area contributed by atoms with Gasteiger partial charge in [-0.3, -0.25) is 28.9 Å². The topological polar surface area (TPSA) is 210 Å². The molecule has 0 bridgehead atoms. The first-order chi connectivity index (χ1) is 19.7. The minimum atomic E-state index is -1.09. The molecule has 1 aromatic rings. The molecule has 3 atom stereocenters. The van der Waals surface area contributed by atoms with E-state index in [1.807, 2.05) is 67.8 Å². The highest BCUT2D eigenvalue weighted by atomic mass is 127. The Morgan fingerprint density at radius 3 is 0.952 bits per heavy atom. The average molecular weight is 939 g/mol. The molecule has 0 radical (unpaired) electrons. The van der Waals surface area contributed by atoms with Crippen LogP contribution in [0.15, 0.2) is 0 Å². The van der Waals surface area contributed by atoms with Crippen LogP contribution in [-0.4, -0.2) is 106 Å². The molecular weight excluding hydrogens is 903 g/mol. The maximum absolute atomic E-state index is 12.8. The van der Waals surface area contributed by atoms with Crippen LogP contribution in [0.2, 0.25) is 0 Å². The van der Waals surface area contributed by atoms with E-state index in [9.17, 15) is 29.7 Å². The molecule has 0 aliphatic rings. The molecule has 3 amide bonds. The van der Waals surface area contributed by atoms with Crippen molar-refractivity contribution in [2.24, 2.45) is 0 Å². The molecule has 0 aromatic heterocycles. The Bertz CT molecular complexity index is 918. The van der Waals surface area contributed by atoms with E-state index in [0.29, 0.717) is 10.7 Å². The highest BCUT2D eigenvalue weighted by Gasteiger charge is 2.34. The van der Waals surface area contributed by atoms with Crippen molar-refractivity contribution in [1.82, 2.24) is 0 Å². The molecule has 0 aliphatic carbocycles. The van der Waals surface area contributed by atoms with Crippen molar-refractivity contribution in [1.29, 1.82) is 0 Å².